The van der Waals surface area contributed by atoms with Crippen molar-refractivity contribution in [2.45, 2.75) is 64.4 Å². The highest BCUT2D eigenvalue weighted by atomic mass is 32.2. The van der Waals surface area contributed by atoms with Crippen LogP contribution in [0.3, 0.4) is 0 Å². The highest BCUT2D eigenvalue weighted by molar-refractivity contribution is 7.99. The summed E-state index contributed by atoms with van der Waals surface area (Å²) in [5.74, 6) is 0. The predicted octanol–water partition coefficient (Wildman–Crippen LogP) is 2.60. The van der Waals surface area contributed by atoms with Gasteiger partial charge >= 0.3 is 6.03 Å². The lowest BCUT2D eigenvalue weighted by Crippen LogP contribution is -2.40. The highest BCUT2D eigenvalue weighted by Gasteiger charge is 2.25. The molecule has 1 aromatic heterocycles. The Labute approximate surface area is 131 Å². The van der Waals surface area contributed by atoms with Gasteiger partial charge in [-0.2, -0.15) is 16.9 Å². The topological polar surface area (TPSA) is 59.0 Å². The Balaban J connectivity index is 1.83. The van der Waals surface area contributed by atoms with E-state index in [-0.39, 0.29) is 6.03 Å². The Morgan fingerprint density at radius 1 is 1.43 bits per heavy atom. The molecule has 1 aromatic rings. The van der Waals surface area contributed by atoms with Crippen molar-refractivity contribution < 1.29 is 4.79 Å². The number of rotatable bonds is 5. The minimum atomic E-state index is -0.0650. The minimum Gasteiger partial charge on any atom is -0.335 e. The van der Waals surface area contributed by atoms with E-state index in [1.807, 2.05) is 23.4 Å². The third kappa shape index (κ3) is 3.93. The van der Waals surface area contributed by atoms with Gasteiger partial charge < -0.3 is 10.6 Å². The van der Waals surface area contributed by atoms with Gasteiger partial charge in [0, 0.05) is 35.6 Å². The summed E-state index contributed by atoms with van der Waals surface area (Å²) in [6.07, 6.45) is 5.52. The number of hydrogen-bond acceptors (Lipinski definition) is 3. The van der Waals surface area contributed by atoms with Gasteiger partial charge in [0.15, 0.2) is 0 Å². The molecule has 1 aliphatic rings. The molecule has 6 heteroatoms. The first-order chi connectivity index (χ1) is 10.0. The zero-order valence-corrected chi connectivity index (χ0v) is 14.2. The van der Waals surface area contributed by atoms with Gasteiger partial charge in [0.1, 0.15) is 0 Å². The summed E-state index contributed by atoms with van der Waals surface area (Å²) in [7, 11) is 0. The van der Waals surface area contributed by atoms with E-state index < -0.39 is 0 Å². The van der Waals surface area contributed by atoms with Crippen LogP contribution in [0.5, 0.6) is 0 Å². The molecule has 1 saturated carbocycles. The molecule has 1 aliphatic carbocycles. The molecule has 0 aliphatic heterocycles. The minimum absolute atomic E-state index is 0.0650. The number of thioether (sulfide) groups is 1. The van der Waals surface area contributed by atoms with E-state index in [2.05, 4.69) is 35.8 Å². The van der Waals surface area contributed by atoms with Crippen molar-refractivity contribution in [2.24, 2.45) is 0 Å². The second-order valence-electron chi connectivity index (χ2n) is 5.66. The van der Waals surface area contributed by atoms with E-state index in [0.29, 0.717) is 17.8 Å². The van der Waals surface area contributed by atoms with Gasteiger partial charge in [-0.25, -0.2) is 4.79 Å². The molecule has 2 atom stereocenters. The first-order valence-electron chi connectivity index (χ1n) is 7.65. The molecule has 0 bridgehead atoms. The van der Waals surface area contributed by atoms with E-state index in [9.17, 15) is 4.79 Å². The lowest BCUT2D eigenvalue weighted by Gasteiger charge is -2.14. The number of urea groups is 1. The number of amides is 2. The summed E-state index contributed by atoms with van der Waals surface area (Å²) in [5.41, 5.74) is 3.26. The Hall–Kier alpha value is -1.17. The van der Waals surface area contributed by atoms with Gasteiger partial charge in [-0.15, -0.1) is 0 Å². The number of carbonyl (C=O) groups is 1. The predicted molar refractivity (Wildman–Crippen MR) is 87.7 cm³/mol. The van der Waals surface area contributed by atoms with Crippen LogP contribution < -0.4 is 10.6 Å². The molecule has 5 nitrogen and oxygen atoms in total. The van der Waals surface area contributed by atoms with Crippen LogP contribution in [0.4, 0.5) is 4.79 Å². The van der Waals surface area contributed by atoms with Crippen molar-refractivity contribution in [2.75, 3.05) is 6.26 Å². The maximum absolute atomic E-state index is 12.0. The monoisotopic (exact) mass is 310 g/mol. The van der Waals surface area contributed by atoms with Crippen LogP contribution in [0.2, 0.25) is 0 Å². The molecule has 118 valence electrons. The SMILES string of the molecule is CCn1nc(C)c(CNC(=O)N[C@@H]2CC[C@@H](SC)C2)c1C. The summed E-state index contributed by atoms with van der Waals surface area (Å²) in [6, 6.07) is 0.257. The number of nitrogens with zero attached hydrogens (tertiary/aromatic N) is 2. The van der Waals surface area contributed by atoms with Gasteiger partial charge in [0.05, 0.1) is 5.69 Å². The van der Waals surface area contributed by atoms with E-state index in [4.69, 9.17) is 0 Å². The molecule has 2 rings (SSSR count). The second-order valence-corrected chi connectivity index (χ2v) is 6.80. The third-order valence-electron chi connectivity index (χ3n) is 4.31. The molecule has 21 heavy (non-hydrogen) atoms. The van der Waals surface area contributed by atoms with Gasteiger partial charge in [-0.3, -0.25) is 4.68 Å². The van der Waals surface area contributed by atoms with Crippen LogP contribution in [-0.2, 0) is 13.1 Å². The molecule has 2 N–H and O–H groups in total. The fourth-order valence-electron chi connectivity index (χ4n) is 2.99. The number of nitrogens with one attached hydrogen (secondary N) is 2. The molecule has 1 heterocycles. The summed E-state index contributed by atoms with van der Waals surface area (Å²) in [5, 5.41) is 11.2. The molecular formula is C15H26N4OS. The van der Waals surface area contributed by atoms with Crippen LogP contribution >= 0.6 is 11.8 Å². The smallest absolute Gasteiger partial charge is 0.315 e. The second kappa shape index (κ2) is 7.20. The van der Waals surface area contributed by atoms with Crippen LogP contribution in [0.15, 0.2) is 0 Å². The quantitative estimate of drug-likeness (QED) is 0.879. The van der Waals surface area contributed by atoms with Crippen LogP contribution in [0.1, 0.15) is 43.1 Å². The Morgan fingerprint density at radius 2 is 2.19 bits per heavy atom. The zero-order chi connectivity index (χ0) is 15.4. The Kier molecular flexibility index (Phi) is 5.56. The first kappa shape index (κ1) is 16.2. The molecule has 2 amide bonds. The van der Waals surface area contributed by atoms with Crippen molar-refractivity contribution in [3.63, 3.8) is 0 Å². The maximum Gasteiger partial charge on any atom is 0.315 e. The molecule has 0 unspecified atom stereocenters. The van der Waals surface area contributed by atoms with E-state index >= 15 is 0 Å². The van der Waals surface area contributed by atoms with Crippen molar-refractivity contribution in [1.82, 2.24) is 20.4 Å². The van der Waals surface area contributed by atoms with Crippen LogP contribution in [0, 0.1) is 13.8 Å². The van der Waals surface area contributed by atoms with Gasteiger partial charge in [-0.05, 0) is 46.3 Å². The standard InChI is InChI=1S/C15H26N4OS/c1-5-19-11(3)14(10(2)18-19)9-16-15(20)17-12-6-7-13(8-12)21-4/h12-13H,5-9H2,1-4H3,(H2,16,17,20)/t12-,13-/m1/s1. The van der Waals surface area contributed by atoms with E-state index in [1.54, 1.807) is 0 Å². The molecular weight excluding hydrogens is 284 g/mol. The van der Waals surface area contributed by atoms with Crippen molar-refractivity contribution >= 4 is 17.8 Å². The Morgan fingerprint density at radius 3 is 2.76 bits per heavy atom. The van der Waals surface area contributed by atoms with E-state index in [0.717, 1.165) is 36.3 Å². The highest BCUT2D eigenvalue weighted by Crippen LogP contribution is 2.28. The molecule has 0 radical (unpaired) electrons. The zero-order valence-electron chi connectivity index (χ0n) is 13.4. The fourth-order valence-corrected chi connectivity index (χ4v) is 3.78. The van der Waals surface area contributed by atoms with Crippen LogP contribution in [0.25, 0.3) is 0 Å². The van der Waals surface area contributed by atoms with Gasteiger partial charge in [0.2, 0.25) is 0 Å². The number of aromatic nitrogens is 2. The van der Waals surface area contributed by atoms with Crippen LogP contribution in [-0.4, -0.2) is 33.4 Å². The summed E-state index contributed by atoms with van der Waals surface area (Å²) >= 11 is 1.90. The Bertz CT molecular complexity index is 500. The summed E-state index contributed by atoms with van der Waals surface area (Å²) in [6.45, 7) is 7.53. The summed E-state index contributed by atoms with van der Waals surface area (Å²) in [4.78, 5) is 12.0. The molecule has 0 saturated heterocycles. The lowest BCUT2D eigenvalue weighted by atomic mass is 10.2. The number of hydrogen-bond donors (Lipinski definition) is 2. The van der Waals surface area contributed by atoms with Gasteiger partial charge in [0.25, 0.3) is 0 Å². The average Bonchev–Trinajstić information content (AvgIpc) is 3.02. The third-order valence-corrected chi connectivity index (χ3v) is 5.40. The molecule has 0 aromatic carbocycles. The van der Waals surface area contributed by atoms with Gasteiger partial charge in [-0.1, -0.05) is 0 Å². The molecule has 1 fully saturated rings. The maximum atomic E-state index is 12.0. The molecule has 0 spiro atoms. The number of carbonyl (C=O) groups excluding carboxylic acids is 1. The fraction of sp³-hybridized carbons (Fsp3) is 0.733. The summed E-state index contributed by atoms with van der Waals surface area (Å²) < 4.78 is 1.98. The largest absolute Gasteiger partial charge is 0.335 e. The lowest BCUT2D eigenvalue weighted by molar-refractivity contribution is 0.236. The van der Waals surface area contributed by atoms with Crippen molar-refractivity contribution in [1.29, 1.82) is 0 Å². The van der Waals surface area contributed by atoms with Crippen molar-refractivity contribution in [3.8, 4) is 0 Å². The first-order valence-corrected chi connectivity index (χ1v) is 8.94. The average molecular weight is 310 g/mol. The van der Waals surface area contributed by atoms with E-state index in [1.165, 1.54) is 6.42 Å². The number of aryl methyl sites for hydroxylation is 2. The normalized spacial score (nSPS) is 21.5. The van der Waals surface area contributed by atoms with Crippen molar-refractivity contribution in [3.05, 3.63) is 17.0 Å².